The average molecular weight is 358 g/mol. The van der Waals surface area contributed by atoms with Crippen LogP contribution in [0.4, 0.5) is 11.4 Å². The van der Waals surface area contributed by atoms with Crippen LogP contribution < -0.4 is 16.0 Å². The van der Waals surface area contributed by atoms with Crippen molar-refractivity contribution in [3.8, 4) is 0 Å². The van der Waals surface area contributed by atoms with Crippen LogP contribution in [0, 0.1) is 0 Å². The first kappa shape index (κ1) is 16.2. The van der Waals surface area contributed by atoms with Gasteiger partial charge in [0.05, 0.1) is 18.9 Å². The summed E-state index contributed by atoms with van der Waals surface area (Å²) >= 11 is 3.56. The van der Waals surface area contributed by atoms with Crippen molar-refractivity contribution >= 4 is 33.2 Å². The minimum atomic E-state index is -0.600. The molecule has 0 saturated heterocycles. The molecule has 0 bridgehead atoms. The molecule has 0 aliphatic carbocycles. The molecule has 21 heavy (non-hydrogen) atoms. The SMILES string of the molecule is COCCN(CCOC)c1cc2c(cc1Br)C(N)C(=O)N2. The molecule has 1 amide bonds. The van der Waals surface area contributed by atoms with Gasteiger partial charge >= 0.3 is 0 Å². The summed E-state index contributed by atoms with van der Waals surface area (Å²) in [5.41, 5.74) is 8.43. The van der Waals surface area contributed by atoms with E-state index in [0.29, 0.717) is 13.2 Å². The van der Waals surface area contributed by atoms with Gasteiger partial charge in [-0.05, 0) is 28.1 Å². The largest absolute Gasteiger partial charge is 0.383 e. The van der Waals surface area contributed by atoms with Crippen molar-refractivity contribution in [3.63, 3.8) is 0 Å². The number of benzene rings is 1. The molecule has 7 heteroatoms. The van der Waals surface area contributed by atoms with Crippen LogP contribution in [0.5, 0.6) is 0 Å². The number of nitrogens with zero attached hydrogens (tertiary/aromatic N) is 1. The smallest absolute Gasteiger partial charge is 0.245 e. The molecular weight excluding hydrogens is 338 g/mol. The number of hydrogen-bond donors (Lipinski definition) is 2. The van der Waals surface area contributed by atoms with Crippen LogP contribution in [0.15, 0.2) is 16.6 Å². The van der Waals surface area contributed by atoms with E-state index in [4.69, 9.17) is 15.2 Å². The topological polar surface area (TPSA) is 76.8 Å². The number of fused-ring (bicyclic) bond motifs is 1. The van der Waals surface area contributed by atoms with Crippen LogP contribution in [-0.2, 0) is 14.3 Å². The molecule has 0 radical (unpaired) electrons. The molecule has 2 rings (SSSR count). The maximum absolute atomic E-state index is 11.7. The third-order valence-electron chi connectivity index (χ3n) is 3.47. The van der Waals surface area contributed by atoms with Crippen molar-refractivity contribution in [2.24, 2.45) is 5.73 Å². The van der Waals surface area contributed by atoms with Crippen LogP contribution in [0.1, 0.15) is 11.6 Å². The normalized spacial score (nSPS) is 16.8. The van der Waals surface area contributed by atoms with Gasteiger partial charge < -0.3 is 25.4 Å². The number of nitrogens with one attached hydrogen (secondary N) is 1. The fourth-order valence-corrected chi connectivity index (χ4v) is 2.90. The average Bonchev–Trinajstić information content (AvgIpc) is 2.74. The zero-order valence-corrected chi connectivity index (χ0v) is 13.8. The molecule has 0 fully saturated rings. The van der Waals surface area contributed by atoms with E-state index in [1.54, 1.807) is 14.2 Å². The fraction of sp³-hybridized carbons (Fsp3) is 0.500. The summed E-state index contributed by atoms with van der Waals surface area (Å²) in [7, 11) is 3.34. The molecule has 1 aliphatic heterocycles. The van der Waals surface area contributed by atoms with E-state index < -0.39 is 6.04 Å². The summed E-state index contributed by atoms with van der Waals surface area (Å²) in [6, 6.07) is 3.24. The molecular formula is C14H20BrN3O3. The summed E-state index contributed by atoms with van der Waals surface area (Å²) in [5, 5.41) is 2.81. The number of rotatable bonds is 7. The Morgan fingerprint density at radius 3 is 2.48 bits per heavy atom. The van der Waals surface area contributed by atoms with Gasteiger partial charge in [0.25, 0.3) is 0 Å². The summed E-state index contributed by atoms with van der Waals surface area (Å²) in [5.74, 6) is -0.172. The molecule has 1 unspecified atom stereocenters. The summed E-state index contributed by atoms with van der Waals surface area (Å²) in [4.78, 5) is 13.8. The molecule has 0 aromatic heterocycles. The predicted molar refractivity (Wildman–Crippen MR) is 85.7 cm³/mol. The molecule has 3 N–H and O–H groups in total. The van der Waals surface area contributed by atoms with Crippen molar-refractivity contribution in [2.45, 2.75) is 6.04 Å². The van der Waals surface area contributed by atoms with Gasteiger partial charge in [-0.15, -0.1) is 0 Å². The number of amides is 1. The standard InChI is InChI=1S/C14H20BrN3O3/c1-20-5-3-18(4-6-21-2)12-8-11-9(7-10(12)15)13(16)14(19)17-11/h7-8,13H,3-6,16H2,1-2H3,(H,17,19). The Morgan fingerprint density at radius 1 is 1.29 bits per heavy atom. The second-order valence-corrected chi connectivity index (χ2v) is 5.68. The molecule has 1 heterocycles. The van der Waals surface area contributed by atoms with Crippen LogP contribution in [0.3, 0.4) is 0 Å². The van der Waals surface area contributed by atoms with Gasteiger partial charge in [-0.25, -0.2) is 0 Å². The zero-order valence-electron chi connectivity index (χ0n) is 12.2. The second-order valence-electron chi connectivity index (χ2n) is 4.83. The Bertz CT molecular complexity index is 516. The number of anilines is 2. The monoisotopic (exact) mass is 357 g/mol. The van der Waals surface area contributed by atoms with Crippen molar-refractivity contribution in [1.29, 1.82) is 0 Å². The van der Waals surface area contributed by atoms with Crippen molar-refractivity contribution in [3.05, 3.63) is 22.2 Å². The van der Waals surface area contributed by atoms with E-state index in [1.165, 1.54) is 0 Å². The molecule has 1 aliphatic rings. The number of halogens is 1. The highest BCUT2D eigenvalue weighted by molar-refractivity contribution is 9.10. The fourth-order valence-electron chi connectivity index (χ4n) is 2.29. The van der Waals surface area contributed by atoms with Crippen LogP contribution in [0.25, 0.3) is 0 Å². The van der Waals surface area contributed by atoms with Crippen molar-refractivity contribution in [1.82, 2.24) is 0 Å². The third kappa shape index (κ3) is 3.55. The Morgan fingerprint density at radius 2 is 1.90 bits per heavy atom. The van der Waals surface area contributed by atoms with E-state index in [9.17, 15) is 4.79 Å². The van der Waals surface area contributed by atoms with E-state index in [-0.39, 0.29) is 5.91 Å². The van der Waals surface area contributed by atoms with Crippen molar-refractivity contribution < 1.29 is 14.3 Å². The van der Waals surface area contributed by atoms with Gasteiger partial charge in [-0.3, -0.25) is 4.79 Å². The maximum Gasteiger partial charge on any atom is 0.245 e. The molecule has 1 atom stereocenters. The van der Waals surface area contributed by atoms with Crippen LogP contribution >= 0.6 is 15.9 Å². The number of methoxy groups -OCH3 is 2. The van der Waals surface area contributed by atoms with E-state index in [2.05, 4.69) is 26.1 Å². The first-order chi connectivity index (χ1) is 10.1. The number of ether oxygens (including phenoxy) is 2. The first-order valence-electron chi connectivity index (χ1n) is 6.71. The van der Waals surface area contributed by atoms with E-state index in [0.717, 1.165) is 34.5 Å². The van der Waals surface area contributed by atoms with Gasteiger partial charge in [-0.2, -0.15) is 0 Å². The van der Waals surface area contributed by atoms with Crippen LogP contribution in [0.2, 0.25) is 0 Å². The lowest BCUT2D eigenvalue weighted by Crippen LogP contribution is -2.31. The Balaban J connectivity index is 2.28. The minimum Gasteiger partial charge on any atom is -0.383 e. The number of nitrogens with two attached hydrogens (primary N) is 1. The summed E-state index contributed by atoms with van der Waals surface area (Å²) < 4.78 is 11.2. The highest BCUT2D eigenvalue weighted by Gasteiger charge is 2.28. The van der Waals surface area contributed by atoms with Crippen molar-refractivity contribution in [2.75, 3.05) is 50.7 Å². The zero-order chi connectivity index (χ0) is 15.4. The molecule has 116 valence electrons. The first-order valence-corrected chi connectivity index (χ1v) is 7.50. The van der Waals surface area contributed by atoms with Gasteiger partial charge in [0.15, 0.2) is 0 Å². The lowest BCUT2D eigenvalue weighted by Gasteiger charge is -2.26. The summed E-state index contributed by atoms with van der Waals surface area (Å²) in [6.07, 6.45) is 0. The molecule has 0 spiro atoms. The predicted octanol–water partition coefficient (Wildman–Crippen LogP) is 1.50. The number of hydrogen-bond acceptors (Lipinski definition) is 5. The Hall–Kier alpha value is -1.15. The number of carbonyl (C=O) groups is 1. The second kappa shape index (κ2) is 7.22. The third-order valence-corrected chi connectivity index (χ3v) is 4.10. The van der Waals surface area contributed by atoms with E-state index >= 15 is 0 Å². The molecule has 6 nitrogen and oxygen atoms in total. The van der Waals surface area contributed by atoms with Crippen LogP contribution in [-0.4, -0.2) is 46.4 Å². The molecule has 0 saturated carbocycles. The maximum atomic E-state index is 11.7. The Labute approximate surface area is 132 Å². The summed E-state index contributed by atoms with van der Waals surface area (Å²) in [6.45, 7) is 2.69. The van der Waals surface area contributed by atoms with Gasteiger partial charge in [0.1, 0.15) is 6.04 Å². The lowest BCUT2D eigenvalue weighted by molar-refractivity contribution is -0.116. The van der Waals surface area contributed by atoms with E-state index in [1.807, 2.05) is 12.1 Å². The van der Waals surface area contributed by atoms with Gasteiger partial charge in [0, 0.05) is 43.0 Å². The minimum absolute atomic E-state index is 0.172. The molecule has 1 aromatic carbocycles. The van der Waals surface area contributed by atoms with Gasteiger partial charge in [0.2, 0.25) is 5.91 Å². The quantitative estimate of drug-likeness (QED) is 0.773. The highest BCUT2D eigenvalue weighted by Crippen LogP contribution is 2.38. The molecule has 1 aromatic rings. The number of carbonyl (C=O) groups excluding carboxylic acids is 1. The van der Waals surface area contributed by atoms with Gasteiger partial charge in [-0.1, -0.05) is 0 Å². The highest BCUT2D eigenvalue weighted by atomic mass is 79.9. The Kier molecular flexibility index (Phi) is 5.58. The lowest BCUT2D eigenvalue weighted by atomic mass is 10.1.